The van der Waals surface area contributed by atoms with Crippen molar-refractivity contribution in [3.05, 3.63) is 35.9 Å². The second-order valence-electron chi connectivity index (χ2n) is 6.02. The van der Waals surface area contributed by atoms with E-state index >= 15 is 0 Å². The van der Waals surface area contributed by atoms with Crippen LogP contribution in [0.2, 0.25) is 0 Å². The summed E-state index contributed by atoms with van der Waals surface area (Å²) in [6.45, 7) is 7.78. The molecule has 0 spiro atoms. The molecule has 0 bridgehead atoms. The largest absolute Gasteiger partial charge is 0.380 e. The minimum absolute atomic E-state index is 0.0557. The standard InChI is InChI=1S/C15H19NO3S/c1-10-8-11-6-5-7-12(16-15(2,3)4)14(11)13(9-10)20(17,18)19/h5-9,16H,1-4H3,(H,17,18,19). The average molecular weight is 293 g/mol. The normalized spacial score (nSPS) is 12.7. The highest BCUT2D eigenvalue weighted by Gasteiger charge is 2.19. The molecule has 2 aromatic rings. The lowest BCUT2D eigenvalue weighted by atomic mass is 10.0. The molecule has 0 atom stereocenters. The number of hydrogen-bond donors (Lipinski definition) is 2. The van der Waals surface area contributed by atoms with Crippen molar-refractivity contribution in [1.82, 2.24) is 0 Å². The summed E-state index contributed by atoms with van der Waals surface area (Å²) in [5, 5.41) is 4.59. The summed E-state index contributed by atoms with van der Waals surface area (Å²) in [5.41, 5.74) is 1.27. The first kappa shape index (κ1) is 14.8. The van der Waals surface area contributed by atoms with E-state index in [9.17, 15) is 13.0 Å². The third-order valence-electron chi connectivity index (χ3n) is 2.87. The maximum atomic E-state index is 11.6. The Morgan fingerprint density at radius 1 is 1.15 bits per heavy atom. The van der Waals surface area contributed by atoms with Crippen molar-refractivity contribution in [3.63, 3.8) is 0 Å². The number of aryl methyl sites for hydroxylation is 1. The van der Waals surface area contributed by atoms with Gasteiger partial charge in [-0.15, -0.1) is 0 Å². The number of anilines is 1. The zero-order chi connectivity index (χ0) is 15.1. The molecular formula is C15H19NO3S. The van der Waals surface area contributed by atoms with E-state index in [0.29, 0.717) is 11.1 Å². The van der Waals surface area contributed by atoms with Crippen LogP contribution in [0, 0.1) is 6.92 Å². The van der Waals surface area contributed by atoms with Gasteiger partial charge in [-0.05, 0) is 50.8 Å². The molecule has 20 heavy (non-hydrogen) atoms. The Labute approximate surface area is 119 Å². The lowest BCUT2D eigenvalue weighted by molar-refractivity contribution is 0.484. The lowest BCUT2D eigenvalue weighted by Crippen LogP contribution is -2.26. The predicted octanol–water partition coefficient (Wildman–Crippen LogP) is 3.61. The van der Waals surface area contributed by atoms with Gasteiger partial charge in [-0.25, -0.2) is 0 Å². The summed E-state index contributed by atoms with van der Waals surface area (Å²) >= 11 is 0. The van der Waals surface area contributed by atoms with Gasteiger partial charge in [-0.2, -0.15) is 8.42 Å². The molecule has 0 aromatic heterocycles. The monoisotopic (exact) mass is 293 g/mol. The Hall–Kier alpha value is -1.59. The van der Waals surface area contributed by atoms with Crippen molar-refractivity contribution in [2.75, 3.05) is 5.32 Å². The predicted molar refractivity (Wildman–Crippen MR) is 81.9 cm³/mol. The van der Waals surface area contributed by atoms with Crippen LogP contribution in [-0.2, 0) is 10.1 Å². The van der Waals surface area contributed by atoms with E-state index in [1.165, 1.54) is 6.07 Å². The van der Waals surface area contributed by atoms with Crippen molar-refractivity contribution >= 4 is 26.6 Å². The molecule has 0 saturated carbocycles. The summed E-state index contributed by atoms with van der Waals surface area (Å²) in [7, 11) is -4.27. The van der Waals surface area contributed by atoms with Gasteiger partial charge in [0.05, 0.1) is 0 Å². The van der Waals surface area contributed by atoms with Gasteiger partial charge in [-0.1, -0.05) is 18.2 Å². The van der Waals surface area contributed by atoms with Crippen molar-refractivity contribution < 1.29 is 13.0 Å². The van der Waals surface area contributed by atoms with E-state index in [4.69, 9.17) is 0 Å². The first-order valence-corrected chi connectivity index (χ1v) is 7.81. The van der Waals surface area contributed by atoms with Crippen molar-refractivity contribution in [2.45, 2.75) is 38.1 Å². The second kappa shape index (κ2) is 4.75. The lowest BCUT2D eigenvalue weighted by Gasteiger charge is -2.24. The molecule has 0 aliphatic heterocycles. The molecule has 0 heterocycles. The van der Waals surface area contributed by atoms with Gasteiger partial charge in [0.15, 0.2) is 0 Å². The molecule has 2 N–H and O–H groups in total. The van der Waals surface area contributed by atoms with Crippen molar-refractivity contribution in [2.24, 2.45) is 0 Å². The number of nitrogens with one attached hydrogen (secondary N) is 1. The Bertz CT molecular complexity index is 759. The van der Waals surface area contributed by atoms with Crippen LogP contribution in [0.3, 0.4) is 0 Å². The third-order valence-corrected chi connectivity index (χ3v) is 3.75. The summed E-state index contributed by atoms with van der Waals surface area (Å²) < 4.78 is 32.8. The van der Waals surface area contributed by atoms with Crippen LogP contribution >= 0.6 is 0 Å². The average Bonchev–Trinajstić information content (AvgIpc) is 2.24. The van der Waals surface area contributed by atoms with Gasteiger partial charge in [-0.3, -0.25) is 4.55 Å². The Kier molecular flexibility index (Phi) is 3.52. The van der Waals surface area contributed by atoms with Gasteiger partial charge in [0, 0.05) is 16.6 Å². The molecule has 0 amide bonds. The maximum absolute atomic E-state index is 11.6. The molecule has 0 radical (unpaired) electrons. The number of fused-ring (bicyclic) bond motifs is 1. The molecule has 0 aliphatic rings. The highest BCUT2D eigenvalue weighted by Crippen LogP contribution is 2.32. The van der Waals surface area contributed by atoms with Crippen LogP contribution in [0.15, 0.2) is 35.2 Å². The number of rotatable bonds is 2. The van der Waals surface area contributed by atoms with E-state index in [1.807, 2.05) is 45.0 Å². The smallest absolute Gasteiger partial charge is 0.295 e. The first-order valence-electron chi connectivity index (χ1n) is 6.37. The highest BCUT2D eigenvalue weighted by molar-refractivity contribution is 7.86. The summed E-state index contributed by atoms with van der Waals surface area (Å²) in [4.78, 5) is -0.0557. The van der Waals surface area contributed by atoms with Gasteiger partial charge in [0.2, 0.25) is 0 Å². The minimum Gasteiger partial charge on any atom is -0.380 e. The van der Waals surface area contributed by atoms with E-state index in [0.717, 1.165) is 10.9 Å². The summed E-state index contributed by atoms with van der Waals surface area (Å²) in [6.07, 6.45) is 0. The molecule has 0 saturated heterocycles. The molecular weight excluding hydrogens is 274 g/mol. The summed E-state index contributed by atoms with van der Waals surface area (Å²) in [5.74, 6) is 0. The Morgan fingerprint density at radius 3 is 2.35 bits per heavy atom. The quantitative estimate of drug-likeness (QED) is 0.830. The second-order valence-corrected chi connectivity index (χ2v) is 7.41. The highest BCUT2D eigenvalue weighted by atomic mass is 32.2. The van der Waals surface area contributed by atoms with Crippen LogP contribution in [0.1, 0.15) is 26.3 Å². The number of hydrogen-bond acceptors (Lipinski definition) is 3. The molecule has 108 valence electrons. The van der Waals surface area contributed by atoms with E-state index in [2.05, 4.69) is 5.32 Å². The van der Waals surface area contributed by atoms with Crippen molar-refractivity contribution in [3.8, 4) is 0 Å². The third kappa shape index (κ3) is 3.11. The fourth-order valence-corrected chi connectivity index (χ4v) is 3.06. The van der Waals surface area contributed by atoms with E-state index in [-0.39, 0.29) is 10.4 Å². The van der Waals surface area contributed by atoms with Crippen molar-refractivity contribution in [1.29, 1.82) is 0 Å². The van der Waals surface area contributed by atoms with Crippen LogP contribution in [0.4, 0.5) is 5.69 Å². The van der Waals surface area contributed by atoms with Gasteiger partial charge >= 0.3 is 0 Å². The Morgan fingerprint density at radius 2 is 1.80 bits per heavy atom. The topological polar surface area (TPSA) is 66.4 Å². The fraction of sp³-hybridized carbons (Fsp3) is 0.333. The molecule has 0 fully saturated rings. The zero-order valence-electron chi connectivity index (χ0n) is 12.1. The Balaban J connectivity index is 2.85. The van der Waals surface area contributed by atoms with Gasteiger partial charge < -0.3 is 5.32 Å². The SMILES string of the molecule is Cc1cc(S(=O)(=O)O)c2c(NC(C)(C)C)cccc2c1. The van der Waals surface area contributed by atoms with E-state index in [1.54, 1.807) is 6.92 Å². The van der Waals surface area contributed by atoms with Gasteiger partial charge in [0.1, 0.15) is 4.90 Å². The molecule has 2 rings (SSSR count). The molecule has 5 heteroatoms. The molecule has 0 unspecified atom stereocenters. The minimum atomic E-state index is -4.27. The van der Waals surface area contributed by atoms with Crippen LogP contribution in [0.5, 0.6) is 0 Å². The first-order chi connectivity index (χ1) is 9.08. The number of benzene rings is 2. The van der Waals surface area contributed by atoms with Gasteiger partial charge in [0.25, 0.3) is 10.1 Å². The molecule has 2 aromatic carbocycles. The summed E-state index contributed by atoms with van der Waals surface area (Å²) in [6, 6.07) is 8.91. The molecule has 4 nitrogen and oxygen atoms in total. The molecule has 0 aliphatic carbocycles. The van der Waals surface area contributed by atoms with Crippen LogP contribution in [0.25, 0.3) is 10.8 Å². The van der Waals surface area contributed by atoms with E-state index < -0.39 is 10.1 Å². The van der Waals surface area contributed by atoms with Crippen LogP contribution < -0.4 is 5.32 Å². The maximum Gasteiger partial charge on any atom is 0.295 e. The van der Waals surface area contributed by atoms with Crippen LogP contribution in [-0.4, -0.2) is 18.5 Å². The zero-order valence-corrected chi connectivity index (χ0v) is 12.9. The fourth-order valence-electron chi connectivity index (χ4n) is 2.24.